The van der Waals surface area contributed by atoms with Crippen molar-refractivity contribution in [2.24, 2.45) is 0 Å². The number of methoxy groups -OCH3 is 1. The Labute approximate surface area is 196 Å². The summed E-state index contributed by atoms with van der Waals surface area (Å²) in [5, 5.41) is 0. The third-order valence-corrected chi connectivity index (χ3v) is 7.70. The fourth-order valence-corrected chi connectivity index (χ4v) is 5.75. The highest BCUT2D eigenvalue weighted by Crippen LogP contribution is 2.30. The summed E-state index contributed by atoms with van der Waals surface area (Å²) in [4.78, 5) is 16.7. The summed E-state index contributed by atoms with van der Waals surface area (Å²) in [7, 11) is -2.55. The molecule has 1 aromatic heterocycles. The summed E-state index contributed by atoms with van der Waals surface area (Å²) in [6.45, 7) is -2.58. The van der Waals surface area contributed by atoms with Crippen LogP contribution in [0.4, 0.5) is 8.78 Å². The van der Waals surface area contributed by atoms with Crippen molar-refractivity contribution in [3.8, 4) is 5.75 Å². The molecule has 1 aliphatic heterocycles. The first-order valence-corrected chi connectivity index (χ1v) is 12.4. The SMILES string of the molecule is COc1ccc(C(=O)OCc2nc3ccccc3n2C(F)F)cc1S(=O)(=O)N1CCCCCC1. The molecular weight excluding hydrogens is 468 g/mol. The van der Waals surface area contributed by atoms with E-state index in [-0.39, 0.29) is 27.5 Å². The molecule has 4 rings (SSSR count). The lowest BCUT2D eigenvalue weighted by atomic mass is 10.2. The van der Waals surface area contributed by atoms with Gasteiger partial charge in [0.1, 0.15) is 17.3 Å². The van der Waals surface area contributed by atoms with Crippen molar-refractivity contribution < 1.29 is 31.5 Å². The molecule has 1 saturated heterocycles. The topological polar surface area (TPSA) is 90.7 Å². The molecular formula is C23H25F2N3O5S. The van der Waals surface area contributed by atoms with E-state index in [1.165, 1.54) is 35.7 Å². The molecule has 1 aliphatic rings. The fraction of sp³-hybridized carbons (Fsp3) is 0.391. The predicted octanol–water partition coefficient (Wildman–Crippen LogP) is 4.36. The van der Waals surface area contributed by atoms with E-state index >= 15 is 0 Å². The van der Waals surface area contributed by atoms with Gasteiger partial charge in [-0.3, -0.25) is 4.57 Å². The van der Waals surface area contributed by atoms with Gasteiger partial charge in [0, 0.05) is 13.1 Å². The van der Waals surface area contributed by atoms with Crippen molar-refractivity contribution in [3.63, 3.8) is 0 Å². The minimum Gasteiger partial charge on any atom is -0.495 e. The average Bonchev–Trinajstić information content (AvgIpc) is 2.99. The van der Waals surface area contributed by atoms with Crippen LogP contribution in [0.15, 0.2) is 47.4 Å². The second-order valence-electron chi connectivity index (χ2n) is 7.92. The summed E-state index contributed by atoms with van der Waals surface area (Å²) in [6, 6.07) is 10.3. The highest BCUT2D eigenvalue weighted by Gasteiger charge is 2.29. The standard InChI is InChI=1S/C23H25F2N3O5S/c1-32-19-11-10-16(14-20(19)34(30,31)27-12-6-2-3-7-13-27)22(29)33-15-21-26-17-8-4-5-9-18(17)28(21)23(24)25/h4-5,8-11,14,23H,2-3,6-7,12-13,15H2,1H3. The largest absolute Gasteiger partial charge is 0.495 e. The van der Waals surface area contributed by atoms with E-state index in [1.807, 2.05) is 0 Å². The van der Waals surface area contributed by atoms with E-state index < -0.39 is 29.1 Å². The lowest BCUT2D eigenvalue weighted by molar-refractivity contribution is 0.0387. The van der Waals surface area contributed by atoms with Crippen LogP contribution in [0.1, 0.15) is 48.4 Å². The Morgan fingerprint density at radius 1 is 1.09 bits per heavy atom. The van der Waals surface area contributed by atoms with Crippen LogP contribution in [0.3, 0.4) is 0 Å². The van der Waals surface area contributed by atoms with Gasteiger partial charge in [0.15, 0.2) is 5.82 Å². The Morgan fingerprint density at radius 3 is 2.47 bits per heavy atom. The summed E-state index contributed by atoms with van der Waals surface area (Å²) >= 11 is 0. The van der Waals surface area contributed by atoms with Crippen molar-refractivity contribution in [3.05, 3.63) is 53.9 Å². The molecule has 0 radical (unpaired) electrons. The number of fused-ring (bicyclic) bond motifs is 1. The van der Waals surface area contributed by atoms with Crippen LogP contribution >= 0.6 is 0 Å². The first-order chi connectivity index (χ1) is 16.3. The van der Waals surface area contributed by atoms with Gasteiger partial charge in [0.2, 0.25) is 10.0 Å². The van der Waals surface area contributed by atoms with Crippen molar-refractivity contribution in [2.45, 2.75) is 43.7 Å². The van der Waals surface area contributed by atoms with Crippen LogP contribution in [-0.4, -0.2) is 48.4 Å². The molecule has 8 nitrogen and oxygen atoms in total. The number of imidazole rings is 1. The monoisotopic (exact) mass is 493 g/mol. The van der Waals surface area contributed by atoms with Crippen molar-refractivity contribution >= 4 is 27.0 Å². The zero-order valence-electron chi connectivity index (χ0n) is 18.6. The molecule has 3 aromatic rings. The van der Waals surface area contributed by atoms with Gasteiger partial charge in [0.05, 0.1) is 23.7 Å². The van der Waals surface area contributed by atoms with Gasteiger partial charge in [0.25, 0.3) is 0 Å². The molecule has 0 spiro atoms. The molecule has 0 N–H and O–H groups in total. The number of aromatic nitrogens is 2. The molecule has 2 heterocycles. The van der Waals surface area contributed by atoms with Gasteiger partial charge < -0.3 is 9.47 Å². The van der Waals surface area contributed by atoms with Gasteiger partial charge in [-0.15, -0.1) is 0 Å². The van der Waals surface area contributed by atoms with Crippen LogP contribution in [-0.2, 0) is 21.4 Å². The Bertz CT molecular complexity index is 1280. The smallest absolute Gasteiger partial charge is 0.338 e. The maximum absolute atomic E-state index is 13.6. The van der Waals surface area contributed by atoms with Crippen LogP contribution in [0.5, 0.6) is 5.75 Å². The first-order valence-electron chi connectivity index (χ1n) is 10.9. The second kappa shape index (κ2) is 10.1. The summed E-state index contributed by atoms with van der Waals surface area (Å²) in [5.41, 5.74) is 0.539. The molecule has 0 atom stereocenters. The zero-order valence-corrected chi connectivity index (χ0v) is 19.4. The number of sulfonamides is 1. The van der Waals surface area contributed by atoms with Gasteiger partial charge in [-0.2, -0.15) is 13.1 Å². The third kappa shape index (κ3) is 4.76. The molecule has 0 amide bonds. The van der Waals surface area contributed by atoms with E-state index in [0.717, 1.165) is 25.7 Å². The number of ether oxygens (including phenoxy) is 2. The third-order valence-electron chi connectivity index (χ3n) is 5.78. The summed E-state index contributed by atoms with van der Waals surface area (Å²) in [6.07, 6.45) is 3.43. The number of esters is 1. The Morgan fingerprint density at radius 2 is 1.79 bits per heavy atom. The van der Waals surface area contributed by atoms with Crippen molar-refractivity contribution in [1.29, 1.82) is 0 Å². The highest BCUT2D eigenvalue weighted by atomic mass is 32.2. The minimum absolute atomic E-state index is 0.0334. The number of hydrogen-bond donors (Lipinski definition) is 0. The number of nitrogens with zero attached hydrogens (tertiary/aromatic N) is 3. The maximum atomic E-state index is 13.6. The first kappa shape index (κ1) is 24.1. The molecule has 0 unspecified atom stereocenters. The predicted molar refractivity (Wildman–Crippen MR) is 120 cm³/mol. The molecule has 0 aliphatic carbocycles. The molecule has 182 valence electrons. The highest BCUT2D eigenvalue weighted by molar-refractivity contribution is 7.89. The Balaban J connectivity index is 1.59. The zero-order chi connectivity index (χ0) is 24.3. The van der Waals surface area contributed by atoms with E-state index in [9.17, 15) is 22.0 Å². The number of carbonyl (C=O) groups excluding carboxylic acids is 1. The fourth-order valence-electron chi connectivity index (χ4n) is 4.05. The maximum Gasteiger partial charge on any atom is 0.338 e. The number of alkyl halides is 2. The molecule has 34 heavy (non-hydrogen) atoms. The van der Waals surface area contributed by atoms with Crippen molar-refractivity contribution in [2.75, 3.05) is 20.2 Å². The summed E-state index contributed by atoms with van der Waals surface area (Å²) < 4.78 is 66.4. The minimum atomic E-state index is -3.90. The second-order valence-corrected chi connectivity index (χ2v) is 9.83. The van der Waals surface area contributed by atoms with Crippen LogP contribution in [0.25, 0.3) is 11.0 Å². The number of benzene rings is 2. The van der Waals surface area contributed by atoms with E-state index in [1.54, 1.807) is 18.2 Å². The van der Waals surface area contributed by atoms with Crippen LogP contribution in [0, 0.1) is 0 Å². The Kier molecular flexibility index (Phi) is 7.13. The van der Waals surface area contributed by atoms with Crippen LogP contribution < -0.4 is 4.74 Å². The van der Waals surface area contributed by atoms with Gasteiger partial charge >= 0.3 is 12.5 Å². The van der Waals surface area contributed by atoms with E-state index in [4.69, 9.17) is 9.47 Å². The molecule has 0 bridgehead atoms. The lowest BCUT2D eigenvalue weighted by Gasteiger charge is -2.21. The number of carbonyl (C=O) groups is 1. The quantitative estimate of drug-likeness (QED) is 0.454. The van der Waals surface area contributed by atoms with Gasteiger partial charge in [-0.1, -0.05) is 25.0 Å². The van der Waals surface area contributed by atoms with Gasteiger partial charge in [-0.25, -0.2) is 18.2 Å². The number of rotatable bonds is 7. The lowest BCUT2D eigenvalue weighted by Crippen LogP contribution is -2.32. The van der Waals surface area contributed by atoms with Crippen molar-refractivity contribution in [1.82, 2.24) is 13.9 Å². The molecule has 2 aromatic carbocycles. The van der Waals surface area contributed by atoms with E-state index in [0.29, 0.717) is 23.2 Å². The molecule has 1 fully saturated rings. The number of halogens is 2. The summed E-state index contributed by atoms with van der Waals surface area (Å²) in [5.74, 6) is -0.862. The van der Waals surface area contributed by atoms with Crippen LogP contribution in [0.2, 0.25) is 0 Å². The van der Waals surface area contributed by atoms with E-state index in [2.05, 4.69) is 4.98 Å². The molecule has 0 saturated carbocycles. The molecule has 11 heteroatoms. The normalized spacial score (nSPS) is 15.4. The number of hydrogen-bond acceptors (Lipinski definition) is 6. The van der Waals surface area contributed by atoms with Gasteiger partial charge in [-0.05, 0) is 43.2 Å². The average molecular weight is 494 g/mol. The number of para-hydroxylation sites is 2. The Hall–Kier alpha value is -3.05.